The third-order valence-electron chi connectivity index (χ3n) is 3.16. The first-order chi connectivity index (χ1) is 9.72. The highest BCUT2D eigenvalue weighted by Gasteiger charge is 2.15. The number of nitrogens with one attached hydrogen (secondary N) is 1. The molecule has 1 unspecified atom stereocenters. The van der Waals surface area contributed by atoms with Crippen molar-refractivity contribution in [2.45, 2.75) is 31.5 Å². The monoisotopic (exact) mass is 291 g/mol. The van der Waals surface area contributed by atoms with Crippen molar-refractivity contribution >= 4 is 11.8 Å². The first-order valence-corrected chi connectivity index (χ1v) is 7.85. The van der Waals surface area contributed by atoms with Crippen LogP contribution >= 0.6 is 11.8 Å². The molecular weight excluding hydrogens is 270 g/mol. The largest absolute Gasteiger partial charge is 0.309 e. The number of aromatic nitrogens is 4. The predicted molar refractivity (Wildman–Crippen MR) is 81.7 cm³/mol. The molecule has 0 aliphatic rings. The van der Waals surface area contributed by atoms with E-state index in [-0.39, 0.29) is 0 Å². The lowest BCUT2D eigenvalue weighted by Crippen LogP contribution is -2.25. The molecule has 0 saturated heterocycles. The van der Waals surface area contributed by atoms with Gasteiger partial charge >= 0.3 is 0 Å². The Morgan fingerprint density at radius 2 is 2.15 bits per heavy atom. The van der Waals surface area contributed by atoms with Gasteiger partial charge in [0, 0.05) is 18.8 Å². The maximum Gasteiger partial charge on any atom is 0.209 e. The molecule has 0 bridgehead atoms. The van der Waals surface area contributed by atoms with Crippen LogP contribution in [0.3, 0.4) is 0 Å². The van der Waals surface area contributed by atoms with E-state index in [4.69, 9.17) is 0 Å². The van der Waals surface area contributed by atoms with Gasteiger partial charge < -0.3 is 5.32 Å². The Labute approximate surface area is 124 Å². The van der Waals surface area contributed by atoms with Crippen LogP contribution in [-0.2, 0) is 7.05 Å². The molecule has 2 aromatic rings. The van der Waals surface area contributed by atoms with Crippen LogP contribution in [0.4, 0.5) is 0 Å². The van der Waals surface area contributed by atoms with Gasteiger partial charge in [0.15, 0.2) is 0 Å². The summed E-state index contributed by atoms with van der Waals surface area (Å²) in [5.41, 5.74) is 2.67. The quantitative estimate of drug-likeness (QED) is 0.794. The number of tetrazole rings is 1. The summed E-state index contributed by atoms with van der Waals surface area (Å²) in [6.07, 6.45) is 1.12. The number of hydrogen-bond donors (Lipinski definition) is 1. The molecule has 0 fully saturated rings. The number of hydrogen-bond acceptors (Lipinski definition) is 5. The minimum Gasteiger partial charge on any atom is -0.309 e. The molecule has 0 aliphatic heterocycles. The van der Waals surface area contributed by atoms with Gasteiger partial charge in [-0.2, -0.15) is 0 Å². The molecule has 6 heteroatoms. The summed E-state index contributed by atoms with van der Waals surface area (Å²) in [4.78, 5) is 0. The Morgan fingerprint density at radius 3 is 2.80 bits per heavy atom. The summed E-state index contributed by atoms with van der Waals surface area (Å²) in [5, 5.41) is 16.0. The lowest BCUT2D eigenvalue weighted by atomic mass is 10.0. The van der Waals surface area contributed by atoms with E-state index in [9.17, 15) is 0 Å². The molecule has 0 radical (unpaired) electrons. The van der Waals surface area contributed by atoms with E-state index >= 15 is 0 Å². The Bertz CT molecular complexity index is 540. The molecule has 5 nitrogen and oxygen atoms in total. The molecule has 1 aromatic heterocycles. The van der Waals surface area contributed by atoms with Crippen LogP contribution < -0.4 is 5.32 Å². The zero-order valence-corrected chi connectivity index (χ0v) is 13.0. The van der Waals surface area contributed by atoms with Crippen LogP contribution in [0.25, 0.3) is 0 Å². The van der Waals surface area contributed by atoms with Gasteiger partial charge in [-0.15, -0.1) is 5.10 Å². The smallest absolute Gasteiger partial charge is 0.209 e. The predicted octanol–water partition coefficient (Wildman–Crippen LogP) is 2.35. The van der Waals surface area contributed by atoms with Gasteiger partial charge in [0.05, 0.1) is 0 Å². The summed E-state index contributed by atoms with van der Waals surface area (Å²) in [6.45, 7) is 5.35. The second-order valence-electron chi connectivity index (χ2n) is 4.76. The van der Waals surface area contributed by atoms with Crippen LogP contribution in [-0.4, -0.2) is 32.5 Å². The molecule has 108 valence electrons. The average Bonchev–Trinajstić information content (AvgIpc) is 2.86. The SMILES string of the molecule is CCCNC(CSc1nnnn1C)c1ccccc1C. The van der Waals surface area contributed by atoms with Crippen molar-refractivity contribution in [3.05, 3.63) is 35.4 Å². The van der Waals surface area contributed by atoms with Gasteiger partial charge in [0.2, 0.25) is 5.16 Å². The van der Waals surface area contributed by atoms with E-state index in [0.29, 0.717) is 6.04 Å². The van der Waals surface area contributed by atoms with Crippen molar-refractivity contribution in [1.82, 2.24) is 25.5 Å². The van der Waals surface area contributed by atoms with E-state index in [1.54, 1.807) is 16.4 Å². The Morgan fingerprint density at radius 1 is 1.35 bits per heavy atom. The van der Waals surface area contributed by atoms with Gasteiger partial charge in [0.25, 0.3) is 0 Å². The summed E-state index contributed by atoms with van der Waals surface area (Å²) < 4.78 is 1.71. The molecule has 1 N–H and O–H groups in total. The molecule has 1 aromatic carbocycles. The third-order valence-corrected chi connectivity index (χ3v) is 4.27. The Kier molecular flexibility index (Phi) is 5.55. The molecule has 0 aliphatic carbocycles. The number of thioether (sulfide) groups is 1. The van der Waals surface area contributed by atoms with Gasteiger partial charge in [-0.3, -0.25) is 0 Å². The van der Waals surface area contributed by atoms with Crippen molar-refractivity contribution in [3.63, 3.8) is 0 Å². The lowest BCUT2D eigenvalue weighted by Gasteiger charge is -2.20. The maximum atomic E-state index is 4.02. The van der Waals surface area contributed by atoms with Crippen molar-refractivity contribution in [1.29, 1.82) is 0 Å². The second-order valence-corrected chi connectivity index (χ2v) is 5.75. The summed E-state index contributed by atoms with van der Waals surface area (Å²) in [7, 11) is 1.87. The zero-order chi connectivity index (χ0) is 14.4. The van der Waals surface area contributed by atoms with Crippen molar-refractivity contribution in [2.24, 2.45) is 7.05 Å². The van der Waals surface area contributed by atoms with E-state index in [1.165, 1.54) is 11.1 Å². The molecule has 20 heavy (non-hydrogen) atoms. The molecular formula is C14H21N5S. The summed E-state index contributed by atoms with van der Waals surface area (Å²) in [5.74, 6) is 0.916. The van der Waals surface area contributed by atoms with Crippen molar-refractivity contribution in [3.8, 4) is 0 Å². The minimum atomic E-state index is 0.317. The molecule has 0 spiro atoms. The highest BCUT2D eigenvalue weighted by molar-refractivity contribution is 7.99. The molecule has 0 saturated carbocycles. The van der Waals surface area contributed by atoms with E-state index < -0.39 is 0 Å². The first kappa shape index (κ1) is 15.0. The molecule has 2 rings (SSSR count). The lowest BCUT2D eigenvalue weighted by molar-refractivity contribution is 0.573. The first-order valence-electron chi connectivity index (χ1n) is 6.86. The van der Waals surface area contributed by atoms with Crippen LogP contribution in [0.15, 0.2) is 29.4 Å². The van der Waals surface area contributed by atoms with Gasteiger partial charge in [-0.05, 0) is 41.4 Å². The Balaban J connectivity index is 2.08. The normalized spacial score (nSPS) is 12.6. The Hall–Kier alpha value is -1.40. The highest BCUT2D eigenvalue weighted by atomic mass is 32.2. The molecule has 0 amide bonds. The fraction of sp³-hybridized carbons (Fsp3) is 0.500. The number of aryl methyl sites for hydroxylation is 2. The fourth-order valence-corrected chi connectivity index (χ4v) is 2.99. The molecule has 1 heterocycles. The topological polar surface area (TPSA) is 55.6 Å². The fourth-order valence-electron chi connectivity index (χ4n) is 2.06. The summed E-state index contributed by atoms with van der Waals surface area (Å²) >= 11 is 1.68. The number of nitrogens with zero attached hydrogens (tertiary/aromatic N) is 4. The van der Waals surface area contributed by atoms with Crippen LogP contribution in [0.5, 0.6) is 0 Å². The minimum absolute atomic E-state index is 0.317. The second kappa shape index (κ2) is 7.40. The van der Waals surface area contributed by atoms with Gasteiger partial charge in [0.1, 0.15) is 0 Å². The van der Waals surface area contributed by atoms with Crippen LogP contribution in [0.2, 0.25) is 0 Å². The average molecular weight is 291 g/mol. The third kappa shape index (κ3) is 3.80. The van der Waals surface area contributed by atoms with Crippen LogP contribution in [0, 0.1) is 6.92 Å². The zero-order valence-electron chi connectivity index (χ0n) is 12.2. The van der Waals surface area contributed by atoms with E-state index in [1.807, 2.05) is 7.05 Å². The van der Waals surface area contributed by atoms with Gasteiger partial charge in [-0.25, -0.2) is 4.68 Å². The van der Waals surface area contributed by atoms with Gasteiger partial charge in [-0.1, -0.05) is 43.0 Å². The van der Waals surface area contributed by atoms with Crippen molar-refractivity contribution < 1.29 is 0 Å². The maximum absolute atomic E-state index is 4.02. The summed E-state index contributed by atoms with van der Waals surface area (Å²) in [6, 6.07) is 8.84. The van der Waals surface area contributed by atoms with E-state index in [0.717, 1.165) is 23.9 Å². The highest BCUT2D eigenvalue weighted by Crippen LogP contribution is 2.24. The number of rotatable bonds is 7. The standard InChI is InChI=1S/C14H21N5S/c1-4-9-15-13(12-8-6-5-7-11(12)2)10-20-14-16-17-18-19(14)3/h5-8,13,15H,4,9-10H2,1-3H3. The number of benzene rings is 1. The molecule has 1 atom stereocenters. The van der Waals surface area contributed by atoms with Crippen LogP contribution in [0.1, 0.15) is 30.5 Å². The van der Waals surface area contributed by atoms with E-state index in [2.05, 4.69) is 59.0 Å². The van der Waals surface area contributed by atoms with Crippen molar-refractivity contribution in [2.75, 3.05) is 12.3 Å².